The fourth-order valence-electron chi connectivity index (χ4n) is 3.80. The number of anilines is 2. The molecule has 3 aromatic rings. The van der Waals surface area contributed by atoms with E-state index >= 15 is 0 Å². The van der Waals surface area contributed by atoms with E-state index in [9.17, 15) is 9.59 Å². The molecule has 1 aromatic heterocycles. The summed E-state index contributed by atoms with van der Waals surface area (Å²) in [6.07, 6.45) is 2.17. The molecular formula is C25H29N5O2S. The third-order valence-corrected chi connectivity index (χ3v) is 6.48. The molecule has 0 saturated heterocycles. The Hall–Kier alpha value is -3.13. The Labute approximate surface area is 198 Å². The molecule has 4 rings (SSSR count). The van der Waals surface area contributed by atoms with E-state index in [1.807, 2.05) is 47.9 Å². The van der Waals surface area contributed by atoms with E-state index in [0.29, 0.717) is 22.7 Å². The first kappa shape index (κ1) is 23.0. The standard InChI is InChI=1S/C25H29N5O2S/c1-15(2)21-10-5-7-16(3)23(21)27-22(32)14-33-25-29-28-24(18-11-12-18)30(25)20-9-6-8-19(13-20)26-17(4)31/h5-10,13,15,18H,11-12,14H2,1-4H3,(H,26,31)(H,27,32). The number of carbonyl (C=O) groups excluding carboxylic acids is 2. The molecular weight excluding hydrogens is 434 g/mol. The quantitative estimate of drug-likeness (QED) is 0.445. The Morgan fingerprint density at radius 1 is 1.12 bits per heavy atom. The molecule has 2 amide bonds. The normalized spacial score (nSPS) is 13.2. The Morgan fingerprint density at radius 3 is 2.58 bits per heavy atom. The highest BCUT2D eigenvalue weighted by molar-refractivity contribution is 7.99. The predicted molar refractivity (Wildman–Crippen MR) is 132 cm³/mol. The van der Waals surface area contributed by atoms with Crippen molar-refractivity contribution in [2.24, 2.45) is 0 Å². The van der Waals surface area contributed by atoms with Crippen LogP contribution in [0.25, 0.3) is 5.69 Å². The van der Waals surface area contributed by atoms with Crippen LogP contribution in [-0.2, 0) is 9.59 Å². The second-order valence-corrected chi connectivity index (χ2v) is 9.66. The van der Waals surface area contributed by atoms with Crippen molar-refractivity contribution in [3.05, 3.63) is 59.4 Å². The molecule has 1 saturated carbocycles. The minimum atomic E-state index is -0.124. The van der Waals surface area contributed by atoms with E-state index in [1.165, 1.54) is 18.7 Å². The van der Waals surface area contributed by atoms with Gasteiger partial charge in [0, 0.05) is 24.2 Å². The van der Waals surface area contributed by atoms with Gasteiger partial charge in [-0.1, -0.05) is 49.9 Å². The fraction of sp³-hybridized carbons (Fsp3) is 0.360. The van der Waals surface area contributed by atoms with Gasteiger partial charge < -0.3 is 10.6 Å². The summed E-state index contributed by atoms with van der Waals surface area (Å²) in [5.41, 5.74) is 4.65. The van der Waals surface area contributed by atoms with Crippen molar-refractivity contribution in [3.8, 4) is 5.69 Å². The molecule has 1 aliphatic carbocycles. The van der Waals surface area contributed by atoms with E-state index in [1.54, 1.807) is 0 Å². The lowest BCUT2D eigenvalue weighted by atomic mass is 9.98. The van der Waals surface area contributed by atoms with E-state index in [-0.39, 0.29) is 17.6 Å². The van der Waals surface area contributed by atoms with Gasteiger partial charge in [0.05, 0.1) is 11.4 Å². The number of benzene rings is 2. The molecule has 33 heavy (non-hydrogen) atoms. The van der Waals surface area contributed by atoms with Gasteiger partial charge in [-0.3, -0.25) is 14.2 Å². The van der Waals surface area contributed by atoms with Crippen molar-refractivity contribution in [1.82, 2.24) is 14.8 Å². The van der Waals surface area contributed by atoms with Gasteiger partial charge in [-0.05, 0) is 55.0 Å². The second-order valence-electron chi connectivity index (χ2n) is 8.71. The molecule has 0 spiro atoms. The Bertz CT molecular complexity index is 1180. The number of hydrogen-bond acceptors (Lipinski definition) is 5. The molecule has 0 radical (unpaired) electrons. The zero-order valence-corrected chi connectivity index (χ0v) is 20.2. The summed E-state index contributed by atoms with van der Waals surface area (Å²) in [6, 6.07) is 13.7. The second kappa shape index (κ2) is 9.79. The summed E-state index contributed by atoms with van der Waals surface area (Å²) in [7, 11) is 0. The van der Waals surface area contributed by atoms with E-state index in [4.69, 9.17) is 0 Å². The molecule has 0 bridgehead atoms. The Kier molecular flexibility index (Phi) is 6.83. The highest BCUT2D eigenvalue weighted by Gasteiger charge is 2.31. The number of thioether (sulfide) groups is 1. The SMILES string of the molecule is CC(=O)Nc1cccc(-n2c(SCC(=O)Nc3c(C)cccc3C(C)C)nnc2C2CC2)c1. The average molecular weight is 464 g/mol. The first-order valence-electron chi connectivity index (χ1n) is 11.2. The topological polar surface area (TPSA) is 88.9 Å². The number of amides is 2. The minimum absolute atomic E-state index is 0.0780. The third kappa shape index (κ3) is 5.45. The maximum Gasteiger partial charge on any atom is 0.234 e. The van der Waals surface area contributed by atoms with Crippen LogP contribution in [0.4, 0.5) is 11.4 Å². The number of hydrogen-bond donors (Lipinski definition) is 2. The van der Waals surface area contributed by atoms with Crippen LogP contribution in [0.15, 0.2) is 47.6 Å². The fourth-order valence-corrected chi connectivity index (χ4v) is 4.56. The number of aryl methyl sites for hydroxylation is 1. The number of aromatic nitrogens is 3. The summed E-state index contributed by atoms with van der Waals surface area (Å²) < 4.78 is 2.01. The summed E-state index contributed by atoms with van der Waals surface area (Å²) in [4.78, 5) is 24.3. The van der Waals surface area contributed by atoms with Gasteiger partial charge >= 0.3 is 0 Å². The number of nitrogens with one attached hydrogen (secondary N) is 2. The predicted octanol–water partition coefficient (Wildman–Crippen LogP) is 5.27. The van der Waals surface area contributed by atoms with Crippen LogP contribution >= 0.6 is 11.8 Å². The zero-order chi connectivity index (χ0) is 23.5. The molecule has 172 valence electrons. The molecule has 1 fully saturated rings. The largest absolute Gasteiger partial charge is 0.326 e. The van der Waals surface area contributed by atoms with Crippen LogP contribution in [0.5, 0.6) is 0 Å². The average Bonchev–Trinajstić information content (AvgIpc) is 3.52. The van der Waals surface area contributed by atoms with Gasteiger partial charge in [0.25, 0.3) is 0 Å². The number of para-hydroxylation sites is 1. The summed E-state index contributed by atoms with van der Waals surface area (Å²) in [5, 5.41) is 15.4. The van der Waals surface area contributed by atoms with Crippen molar-refractivity contribution >= 4 is 35.0 Å². The molecule has 8 heteroatoms. The lowest BCUT2D eigenvalue weighted by molar-refractivity contribution is -0.114. The van der Waals surface area contributed by atoms with Crippen molar-refractivity contribution in [3.63, 3.8) is 0 Å². The number of carbonyl (C=O) groups is 2. The van der Waals surface area contributed by atoms with Crippen molar-refractivity contribution in [2.75, 3.05) is 16.4 Å². The third-order valence-electron chi connectivity index (χ3n) is 5.55. The first-order chi connectivity index (χ1) is 15.8. The van der Waals surface area contributed by atoms with E-state index < -0.39 is 0 Å². The van der Waals surface area contributed by atoms with Gasteiger partial charge in [0.2, 0.25) is 11.8 Å². The van der Waals surface area contributed by atoms with Crippen LogP contribution in [-0.4, -0.2) is 32.3 Å². The maximum atomic E-state index is 12.9. The first-order valence-corrected chi connectivity index (χ1v) is 12.2. The van der Waals surface area contributed by atoms with E-state index in [0.717, 1.165) is 41.2 Å². The lowest BCUT2D eigenvalue weighted by Crippen LogP contribution is -2.17. The molecule has 7 nitrogen and oxygen atoms in total. The van der Waals surface area contributed by atoms with Gasteiger partial charge in [-0.25, -0.2) is 0 Å². The molecule has 0 aliphatic heterocycles. The van der Waals surface area contributed by atoms with Crippen LogP contribution in [0.2, 0.25) is 0 Å². The van der Waals surface area contributed by atoms with Gasteiger partial charge in [0.15, 0.2) is 5.16 Å². The van der Waals surface area contributed by atoms with Crippen molar-refractivity contribution < 1.29 is 9.59 Å². The molecule has 1 aliphatic rings. The summed E-state index contributed by atoms with van der Waals surface area (Å²) in [5.74, 6) is 1.62. The lowest BCUT2D eigenvalue weighted by Gasteiger charge is -2.16. The van der Waals surface area contributed by atoms with Crippen LogP contribution in [0, 0.1) is 6.92 Å². The monoisotopic (exact) mass is 463 g/mol. The van der Waals surface area contributed by atoms with Crippen LogP contribution in [0.1, 0.15) is 62.4 Å². The number of nitrogens with zero attached hydrogens (tertiary/aromatic N) is 3. The van der Waals surface area contributed by atoms with Crippen molar-refractivity contribution in [2.45, 2.75) is 57.5 Å². The highest BCUT2D eigenvalue weighted by atomic mass is 32.2. The maximum absolute atomic E-state index is 12.9. The Balaban J connectivity index is 1.54. The molecule has 2 aromatic carbocycles. The Morgan fingerprint density at radius 2 is 1.88 bits per heavy atom. The number of rotatable bonds is 8. The smallest absolute Gasteiger partial charge is 0.234 e. The van der Waals surface area contributed by atoms with Gasteiger partial charge in [0.1, 0.15) is 5.82 Å². The van der Waals surface area contributed by atoms with Crippen molar-refractivity contribution in [1.29, 1.82) is 0 Å². The molecule has 2 N–H and O–H groups in total. The van der Waals surface area contributed by atoms with E-state index in [2.05, 4.69) is 40.7 Å². The molecule has 0 unspecified atom stereocenters. The van der Waals surface area contributed by atoms with Crippen LogP contribution < -0.4 is 10.6 Å². The molecule has 1 heterocycles. The summed E-state index contributed by atoms with van der Waals surface area (Å²) in [6.45, 7) is 7.74. The zero-order valence-electron chi connectivity index (χ0n) is 19.4. The van der Waals surface area contributed by atoms with Gasteiger partial charge in [-0.2, -0.15) is 0 Å². The highest BCUT2D eigenvalue weighted by Crippen LogP contribution is 2.41. The van der Waals surface area contributed by atoms with Crippen LogP contribution in [0.3, 0.4) is 0 Å². The minimum Gasteiger partial charge on any atom is -0.326 e. The molecule has 0 atom stereocenters. The van der Waals surface area contributed by atoms with Gasteiger partial charge in [-0.15, -0.1) is 10.2 Å². The summed E-state index contributed by atoms with van der Waals surface area (Å²) >= 11 is 1.37.